The summed E-state index contributed by atoms with van der Waals surface area (Å²) in [7, 11) is 0. The number of nitrogens with zero attached hydrogens (tertiary/aromatic N) is 1. The summed E-state index contributed by atoms with van der Waals surface area (Å²) in [6, 6.07) is 0. The first-order chi connectivity index (χ1) is 6.52. The predicted molar refractivity (Wildman–Crippen MR) is 46.1 cm³/mol. The Labute approximate surface area is 80.4 Å². The number of carbonyl (C=O) groups is 2. The Balaban J connectivity index is 2.84. The minimum absolute atomic E-state index is 0.0601. The summed E-state index contributed by atoms with van der Waals surface area (Å²) in [5.74, 6) is -1.22. The smallest absolute Gasteiger partial charge is 0.407 e. The molecule has 1 aliphatic heterocycles. The fourth-order valence-corrected chi connectivity index (χ4v) is 1.25. The first-order valence-corrected chi connectivity index (χ1v) is 4.00. The maximum atomic E-state index is 10.9. The van der Waals surface area contributed by atoms with E-state index in [1.165, 1.54) is 0 Å². The van der Waals surface area contributed by atoms with Gasteiger partial charge in [0.1, 0.15) is 0 Å². The van der Waals surface area contributed by atoms with E-state index in [1.54, 1.807) is 0 Å². The number of carboxylic acid groups (broad SMARTS) is 2. The van der Waals surface area contributed by atoms with Gasteiger partial charge in [0, 0.05) is 6.54 Å². The number of carboxylic acids is 1. The van der Waals surface area contributed by atoms with Crippen LogP contribution in [0.2, 0.25) is 0 Å². The van der Waals surface area contributed by atoms with Crippen molar-refractivity contribution in [1.82, 2.24) is 4.90 Å². The van der Waals surface area contributed by atoms with Crippen LogP contribution in [0.15, 0.2) is 12.7 Å². The molecule has 2 N–H and O–H groups in total. The van der Waals surface area contributed by atoms with Gasteiger partial charge >= 0.3 is 12.1 Å². The summed E-state index contributed by atoms with van der Waals surface area (Å²) >= 11 is 0. The van der Waals surface area contributed by atoms with E-state index in [2.05, 4.69) is 6.58 Å². The minimum Gasteiger partial charge on any atom is -0.479 e. The zero-order valence-corrected chi connectivity index (χ0v) is 7.47. The van der Waals surface area contributed by atoms with Crippen LogP contribution in [0.1, 0.15) is 0 Å². The molecule has 1 heterocycles. The molecule has 0 saturated carbocycles. The molecule has 1 aliphatic rings. The van der Waals surface area contributed by atoms with Gasteiger partial charge in [0.15, 0.2) is 0 Å². The highest BCUT2D eigenvalue weighted by atomic mass is 16.5. The third-order valence-electron chi connectivity index (χ3n) is 2.11. The molecule has 6 heteroatoms. The first kappa shape index (κ1) is 10.5. The van der Waals surface area contributed by atoms with Crippen molar-refractivity contribution < 1.29 is 24.5 Å². The molecule has 14 heavy (non-hydrogen) atoms. The van der Waals surface area contributed by atoms with Gasteiger partial charge in [-0.05, 0) is 6.08 Å². The zero-order chi connectivity index (χ0) is 10.8. The molecule has 1 unspecified atom stereocenters. The Bertz CT molecular complexity index is 277. The van der Waals surface area contributed by atoms with E-state index in [1.807, 2.05) is 0 Å². The van der Waals surface area contributed by atoms with Crippen molar-refractivity contribution in [3.63, 3.8) is 0 Å². The second-order valence-electron chi connectivity index (χ2n) is 2.95. The lowest BCUT2D eigenvalue weighted by molar-refractivity contribution is -0.166. The number of morpholine rings is 1. The highest BCUT2D eigenvalue weighted by Gasteiger charge is 2.42. The Hall–Kier alpha value is -1.56. The van der Waals surface area contributed by atoms with Crippen LogP contribution >= 0.6 is 0 Å². The molecule has 1 saturated heterocycles. The van der Waals surface area contributed by atoms with Crippen LogP contribution in [0.25, 0.3) is 0 Å². The van der Waals surface area contributed by atoms with Crippen molar-refractivity contribution in [3.05, 3.63) is 12.7 Å². The van der Waals surface area contributed by atoms with Crippen molar-refractivity contribution in [1.29, 1.82) is 0 Å². The molecule has 1 atom stereocenters. The van der Waals surface area contributed by atoms with E-state index >= 15 is 0 Å². The van der Waals surface area contributed by atoms with Gasteiger partial charge in [-0.1, -0.05) is 6.58 Å². The molecule has 0 aromatic carbocycles. The lowest BCUT2D eigenvalue weighted by atomic mass is 10.0. The predicted octanol–water partition coefficient (Wildman–Crippen LogP) is 0.00600. The van der Waals surface area contributed by atoms with Crippen molar-refractivity contribution in [3.8, 4) is 0 Å². The van der Waals surface area contributed by atoms with E-state index in [4.69, 9.17) is 14.9 Å². The SMILES string of the molecule is C=CC1(C(=O)O)CN(C(=O)O)CCO1. The van der Waals surface area contributed by atoms with Crippen LogP contribution < -0.4 is 0 Å². The summed E-state index contributed by atoms with van der Waals surface area (Å²) in [4.78, 5) is 22.5. The number of hydrogen-bond donors (Lipinski definition) is 2. The fourth-order valence-electron chi connectivity index (χ4n) is 1.25. The molecule has 1 rings (SSSR count). The molecule has 0 aromatic heterocycles. The summed E-state index contributed by atoms with van der Waals surface area (Å²) in [6.45, 7) is 3.36. The van der Waals surface area contributed by atoms with Gasteiger partial charge in [-0.3, -0.25) is 0 Å². The van der Waals surface area contributed by atoms with Crippen LogP contribution in [0.4, 0.5) is 4.79 Å². The van der Waals surface area contributed by atoms with Gasteiger partial charge in [0.2, 0.25) is 5.60 Å². The van der Waals surface area contributed by atoms with Gasteiger partial charge in [0.25, 0.3) is 0 Å². The van der Waals surface area contributed by atoms with Crippen LogP contribution in [0.5, 0.6) is 0 Å². The van der Waals surface area contributed by atoms with Gasteiger partial charge in [0.05, 0.1) is 13.2 Å². The standard InChI is InChI=1S/C8H11NO5/c1-2-8(6(10)11)5-9(7(12)13)3-4-14-8/h2H,1,3-5H2,(H,10,11)(H,12,13). The number of rotatable bonds is 2. The number of ether oxygens (including phenoxy) is 1. The summed E-state index contributed by atoms with van der Waals surface area (Å²) in [5.41, 5.74) is -1.60. The topological polar surface area (TPSA) is 87.1 Å². The van der Waals surface area contributed by atoms with E-state index in [0.29, 0.717) is 0 Å². The molecule has 1 amide bonds. The van der Waals surface area contributed by atoms with Crippen molar-refractivity contribution in [2.75, 3.05) is 19.7 Å². The molecule has 0 radical (unpaired) electrons. The summed E-state index contributed by atoms with van der Waals surface area (Å²) in [5, 5.41) is 17.6. The largest absolute Gasteiger partial charge is 0.479 e. The van der Waals surface area contributed by atoms with Crippen molar-refractivity contribution in [2.45, 2.75) is 5.60 Å². The van der Waals surface area contributed by atoms with Crippen LogP contribution in [-0.4, -0.2) is 52.5 Å². The quantitative estimate of drug-likeness (QED) is 0.614. The van der Waals surface area contributed by atoms with Crippen LogP contribution in [0, 0.1) is 0 Å². The molecule has 1 fully saturated rings. The molecule has 0 spiro atoms. The average Bonchev–Trinajstić information content (AvgIpc) is 2.17. The van der Waals surface area contributed by atoms with Crippen molar-refractivity contribution >= 4 is 12.1 Å². The van der Waals surface area contributed by atoms with Crippen LogP contribution in [-0.2, 0) is 9.53 Å². The fraction of sp³-hybridized carbons (Fsp3) is 0.500. The molecule has 0 bridgehead atoms. The van der Waals surface area contributed by atoms with Gasteiger partial charge in [-0.2, -0.15) is 0 Å². The van der Waals surface area contributed by atoms with E-state index in [-0.39, 0.29) is 19.7 Å². The van der Waals surface area contributed by atoms with Gasteiger partial charge in [-0.25, -0.2) is 9.59 Å². The Morgan fingerprint density at radius 3 is 2.57 bits per heavy atom. The lowest BCUT2D eigenvalue weighted by Crippen LogP contribution is -2.56. The van der Waals surface area contributed by atoms with Crippen molar-refractivity contribution in [2.24, 2.45) is 0 Å². The average molecular weight is 201 g/mol. The van der Waals surface area contributed by atoms with E-state index in [9.17, 15) is 9.59 Å². The Morgan fingerprint density at radius 2 is 2.14 bits per heavy atom. The third kappa shape index (κ3) is 1.69. The molecule has 6 nitrogen and oxygen atoms in total. The molecular formula is C8H11NO5. The maximum Gasteiger partial charge on any atom is 0.407 e. The van der Waals surface area contributed by atoms with Crippen LogP contribution in [0.3, 0.4) is 0 Å². The minimum atomic E-state index is -1.60. The number of hydrogen-bond acceptors (Lipinski definition) is 3. The summed E-state index contributed by atoms with van der Waals surface area (Å²) in [6.07, 6.45) is -0.0366. The first-order valence-electron chi connectivity index (χ1n) is 4.00. The monoisotopic (exact) mass is 201 g/mol. The Kier molecular flexibility index (Phi) is 2.76. The molecule has 0 aromatic rings. The van der Waals surface area contributed by atoms with E-state index < -0.39 is 17.7 Å². The number of amides is 1. The second-order valence-corrected chi connectivity index (χ2v) is 2.95. The van der Waals surface area contributed by atoms with E-state index in [0.717, 1.165) is 11.0 Å². The maximum absolute atomic E-state index is 10.9. The summed E-state index contributed by atoms with van der Waals surface area (Å²) < 4.78 is 5.03. The van der Waals surface area contributed by atoms with Gasteiger partial charge in [-0.15, -0.1) is 0 Å². The molecular weight excluding hydrogens is 190 g/mol. The normalized spacial score (nSPS) is 27.0. The second kappa shape index (κ2) is 3.67. The third-order valence-corrected chi connectivity index (χ3v) is 2.11. The zero-order valence-electron chi connectivity index (χ0n) is 7.47. The molecule has 0 aliphatic carbocycles. The number of aliphatic carboxylic acids is 1. The molecule has 78 valence electrons. The highest BCUT2D eigenvalue weighted by Crippen LogP contribution is 2.19. The highest BCUT2D eigenvalue weighted by molar-refractivity contribution is 5.81. The van der Waals surface area contributed by atoms with Gasteiger partial charge < -0.3 is 19.8 Å². The Morgan fingerprint density at radius 1 is 1.50 bits per heavy atom. The lowest BCUT2D eigenvalue weighted by Gasteiger charge is -2.36.